The highest BCUT2D eigenvalue weighted by atomic mass is 15.1. The Hall–Kier alpha value is -0.0400. The molecule has 0 aromatic carbocycles. The molecule has 3 atom stereocenters. The van der Waals surface area contributed by atoms with E-state index in [1.54, 1.807) is 0 Å². The van der Waals surface area contributed by atoms with Gasteiger partial charge < -0.3 is 4.90 Å². The standard InChI is InChI=1S/C11H21N/c1-9-7-8-12(2)11-6-4-3-5-10(9)11/h9-11H,3-8H2,1-2H3. The molecule has 0 bridgehead atoms. The van der Waals surface area contributed by atoms with Crippen molar-refractivity contribution in [1.29, 1.82) is 0 Å². The normalized spacial score (nSPS) is 44.0. The molecule has 1 heterocycles. The highest BCUT2D eigenvalue weighted by molar-refractivity contribution is 4.88. The summed E-state index contributed by atoms with van der Waals surface area (Å²) in [6.45, 7) is 3.79. The van der Waals surface area contributed by atoms with Crippen molar-refractivity contribution in [2.24, 2.45) is 11.8 Å². The van der Waals surface area contributed by atoms with Crippen LogP contribution in [0.25, 0.3) is 0 Å². The van der Waals surface area contributed by atoms with Crippen LogP contribution in [0, 0.1) is 11.8 Å². The first-order valence-electron chi connectivity index (χ1n) is 5.49. The molecule has 0 radical (unpaired) electrons. The molecule has 0 amide bonds. The van der Waals surface area contributed by atoms with E-state index in [4.69, 9.17) is 0 Å². The second kappa shape index (κ2) is 3.37. The molecule has 0 aromatic rings. The summed E-state index contributed by atoms with van der Waals surface area (Å²) in [5.41, 5.74) is 0. The van der Waals surface area contributed by atoms with Crippen molar-refractivity contribution in [2.75, 3.05) is 13.6 Å². The van der Waals surface area contributed by atoms with E-state index in [9.17, 15) is 0 Å². The first-order chi connectivity index (χ1) is 5.79. The minimum absolute atomic E-state index is 0.933. The minimum Gasteiger partial charge on any atom is -0.303 e. The highest BCUT2D eigenvalue weighted by Crippen LogP contribution is 2.37. The average molecular weight is 167 g/mol. The molecule has 0 aromatic heterocycles. The van der Waals surface area contributed by atoms with E-state index in [1.807, 2.05) is 0 Å². The molecule has 70 valence electrons. The zero-order valence-corrected chi connectivity index (χ0v) is 8.42. The predicted molar refractivity (Wildman–Crippen MR) is 52.2 cm³/mol. The summed E-state index contributed by atoms with van der Waals surface area (Å²) >= 11 is 0. The van der Waals surface area contributed by atoms with Gasteiger partial charge in [-0.05, 0) is 44.7 Å². The Bertz CT molecular complexity index is 137. The minimum atomic E-state index is 0.933. The van der Waals surface area contributed by atoms with Gasteiger partial charge in [-0.1, -0.05) is 19.8 Å². The predicted octanol–water partition coefficient (Wildman–Crippen LogP) is 2.52. The second-order valence-electron chi connectivity index (χ2n) is 4.76. The highest BCUT2D eigenvalue weighted by Gasteiger charge is 2.35. The molecule has 1 aliphatic heterocycles. The maximum atomic E-state index is 2.60. The number of piperidine rings is 1. The molecule has 1 saturated carbocycles. The SMILES string of the molecule is CC1CCN(C)C2CCCCC12. The van der Waals surface area contributed by atoms with Gasteiger partial charge in [0.15, 0.2) is 0 Å². The van der Waals surface area contributed by atoms with Crippen LogP contribution in [0.2, 0.25) is 0 Å². The van der Waals surface area contributed by atoms with Crippen LogP contribution in [-0.2, 0) is 0 Å². The first kappa shape index (κ1) is 8.55. The van der Waals surface area contributed by atoms with Gasteiger partial charge in [0, 0.05) is 6.04 Å². The largest absolute Gasteiger partial charge is 0.303 e. The molecule has 1 nitrogen and oxygen atoms in total. The van der Waals surface area contributed by atoms with Gasteiger partial charge in [-0.2, -0.15) is 0 Å². The molecule has 0 N–H and O–H groups in total. The van der Waals surface area contributed by atoms with E-state index in [2.05, 4.69) is 18.9 Å². The molecule has 2 aliphatic rings. The van der Waals surface area contributed by atoms with Crippen molar-refractivity contribution in [2.45, 2.75) is 45.1 Å². The lowest BCUT2D eigenvalue weighted by atomic mass is 9.73. The number of hydrogen-bond donors (Lipinski definition) is 0. The number of likely N-dealkylation sites (tertiary alicyclic amines) is 1. The molecule has 2 fully saturated rings. The number of nitrogens with zero attached hydrogens (tertiary/aromatic N) is 1. The van der Waals surface area contributed by atoms with E-state index < -0.39 is 0 Å². The lowest BCUT2D eigenvalue weighted by Gasteiger charge is -2.45. The summed E-state index contributed by atoms with van der Waals surface area (Å²) in [6.07, 6.45) is 7.34. The molecule has 2 rings (SSSR count). The third kappa shape index (κ3) is 1.39. The monoisotopic (exact) mass is 167 g/mol. The van der Waals surface area contributed by atoms with Gasteiger partial charge in [-0.3, -0.25) is 0 Å². The van der Waals surface area contributed by atoms with Gasteiger partial charge in [0.1, 0.15) is 0 Å². The smallest absolute Gasteiger partial charge is 0.0123 e. The molecule has 1 heteroatoms. The third-order valence-corrected chi connectivity index (χ3v) is 4.02. The fraction of sp³-hybridized carbons (Fsp3) is 1.00. The number of fused-ring (bicyclic) bond motifs is 1. The van der Waals surface area contributed by atoms with Gasteiger partial charge in [0.25, 0.3) is 0 Å². The molecule has 12 heavy (non-hydrogen) atoms. The van der Waals surface area contributed by atoms with Crippen LogP contribution in [-0.4, -0.2) is 24.5 Å². The summed E-state index contributed by atoms with van der Waals surface area (Å²) in [5.74, 6) is 2.02. The van der Waals surface area contributed by atoms with Crippen LogP contribution in [0.4, 0.5) is 0 Å². The van der Waals surface area contributed by atoms with Crippen LogP contribution < -0.4 is 0 Å². The van der Waals surface area contributed by atoms with Crippen LogP contribution in [0.5, 0.6) is 0 Å². The summed E-state index contributed by atoms with van der Waals surface area (Å²) in [4.78, 5) is 2.60. The van der Waals surface area contributed by atoms with Gasteiger partial charge in [0.05, 0.1) is 0 Å². The Morgan fingerprint density at radius 1 is 1.08 bits per heavy atom. The Labute approximate surface area is 76.1 Å². The molecular formula is C11H21N. The lowest BCUT2D eigenvalue weighted by Crippen LogP contribution is -2.47. The van der Waals surface area contributed by atoms with E-state index in [0.717, 1.165) is 17.9 Å². The van der Waals surface area contributed by atoms with E-state index >= 15 is 0 Å². The Morgan fingerprint density at radius 2 is 1.83 bits per heavy atom. The summed E-state index contributed by atoms with van der Waals surface area (Å²) in [7, 11) is 2.31. The third-order valence-electron chi connectivity index (χ3n) is 4.02. The van der Waals surface area contributed by atoms with Crippen molar-refractivity contribution in [3.8, 4) is 0 Å². The van der Waals surface area contributed by atoms with Crippen molar-refractivity contribution in [3.05, 3.63) is 0 Å². The average Bonchev–Trinajstić information content (AvgIpc) is 2.12. The van der Waals surface area contributed by atoms with Crippen molar-refractivity contribution in [1.82, 2.24) is 4.90 Å². The Kier molecular flexibility index (Phi) is 2.40. The fourth-order valence-corrected chi connectivity index (χ4v) is 3.14. The maximum absolute atomic E-state index is 2.60. The lowest BCUT2D eigenvalue weighted by molar-refractivity contribution is 0.0448. The first-order valence-corrected chi connectivity index (χ1v) is 5.49. The van der Waals surface area contributed by atoms with Crippen LogP contribution in [0.15, 0.2) is 0 Å². The Morgan fingerprint density at radius 3 is 2.58 bits per heavy atom. The zero-order valence-electron chi connectivity index (χ0n) is 8.42. The molecular weight excluding hydrogens is 146 g/mol. The maximum Gasteiger partial charge on any atom is 0.0123 e. The molecule has 3 unspecified atom stereocenters. The van der Waals surface area contributed by atoms with Gasteiger partial charge in [-0.25, -0.2) is 0 Å². The summed E-state index contributed by atoms with van der Waals surface area (Å²) < 4.78 is 0. The van der Waals surface area contributed by atoms with Gasteiger partial charge >= 0.3 is 0 Å². The van der Waals surface area contributed by atoms with Crippen molar-refractivity contribution >= 4 is 0 Å². The quantitative estimate of drug-likeness (QED) is 0.536. The van der Waals surface area contributed by atoms with Crippen LogP contribution in [0.3, 0.4) is 0 Å². The van der Waals surface area contributed by atoms with Crippen molar-refractivity contribution < 1.29 is 0 Å². The second-order valence-corrected chi connectivity index (χ2v) is 4.76. The van der Waals surface area contributed by atoms with E-state index in [-0.39, 0.29) is 0 Å². The van der Waals surface area contributed by atoms with Crippen LogP contribution in [0.1, 0.15) is 39.0 Å². The topological polar surface area (TPSA) is 3.24 Å². The zero-order chi connectivity index (χ0) is 8.55. The van der Waals surface area contributed by atoms with Crippen LogP contribution >= 0.6 is 0 Å². The molecule has 0 spiro atoms. The fourth-order valence-electron chi connectivity index (χ4n) is 3.14. The van der Waals surface area contributed by atoms with Gasteiger partial charge in [-0.15, -0.1) is 0 Å². The summed E-state index contributed by atoms with van der Waals surface area (Å²) in [5, 5.41) is 0. The number of rotatable bonds is 0. The molecule has 1 saturated heterocycles. The summed E-state index contributed by atoms with van der Waals surface area (Å²) in [6, 6.07) is 0.933. The molecule has 1 aliphatic carbocycles. The number of hydrogen-bond acceptors (Lipinski definition) is 1. The Balaban J connectivity index is 2.05. The van der Waals surface area contributed by atoms with E-state index in [0.29, 0.717) is 0 Å². The van der Waals surface area contributed by atoms with Gasteiger partial charge in [0.2, 0.25) is 0 Å². The van der Waals surface area contributed by atoms with E-state index in [1.165, 1.54) is 38.6 Å². The van der Waals surface area contributed by atoms with Crippen molar-refractivity contribution in [3.63, 3.8) is 0 Å².